The molecule has 0 aliphatic heterocycles. The van der Waals surface area contributed by atoms with Crippen molar-refractivity contribution in [2.24, 2.45) is 0 Å². The van der Waals surface area contributed by atoms with Gasteiger partial charge in [0.15, 0.2) is 0 Å². The molecule has 2 aromatic rings. The summed E-state index contributed by atoms with van der Waals surface area (Å²) < 4.78 is 26.7. The normalized spacial score (nSPS) is 11.4. The SMILES string of the molecule is CCCS(=O)(=O)Nc1cccc(NC(=O)c2ccc(N(CC)C(C)C)cc2)c1C. The summed E-state index contributed by atoms with van der Waals surface area (Å²) in [5, 5.41) is 2.88. The van der Waals surface area contributed by atoms with Crippen LogP contribution < -0.4 is 14.9 Å². The fourth-order valence-electron chi connectivity index (χ4n) is 3.21. The first-order chi connectivity index (χ1) is 13.7. The van der Waals surface area contributed by atoms with Gasteiger partial charge < -0.3 is 10.2 Å². The van der Waals surface area contributed by atoms with Gasteiger partial charge in [0, 0.05) is 29.5 Å². The summed E-state index contributed by atoms with van der Waals surface area (Å²) >= 11 is 0. The van der Waals surface area contributed by atoms with E-state index in [2.05, 4.69) is 35.7 Å². The van der Waals surface area contributed by atoms with Crippen LogP contribution in [0.1, 0.15) is 50.0 Å². The van der Waals surface area contributed by atoms with Gasteiger partial charge in [0.05, 0.1) is 11.4 Å². The van der Waals surface area contributed by atoms with Crippen molar-refractivity contribution in [3.63, 3.8) is 0 Å². The molecule has 158 valence electrons. The monoisotopic (exact) mass is 417 g/mol. The Labute approximate surface area is 174 Å². The molecule has 0 saturated heterocycles. The van der Waals surface area contributed by atoms with Crippen molar-refractivity contribution in [1.82, 2.24) is 0 Å². The molecule has 0 heterocycles. The third-order valence-corrected chi connectivity index (χ3v) is 6.22. The van der Waals surface area contributed by atoms with E-state index in [1.807, 2.05) is 19.1 Å². The summed E-state index contributed by atoms with van der Waals surface area (Å²) in [7, 11) is -3.39. The van der Waals surface area contributed by atoms with Crippen molar-refractivity contribution in [3.8, 4) is 0 Å². The Morgan fingerprint density at radius 2 is 1.66 bits per heavy atom. The first kappa shape index (κ1) is 22.7. The average molecular weight is 418 g/mol. The molecule has 0 spiro atoms. The number of carbonyl (C=O) groups is 1. The summed E-state index contributed by atoms with van der Waals surface area (Å²) in [6.45, 7) is 10.9. The topological polar surface area (TPSA) is 78.5 Å². The summed E-state index contributed by atoms with van der Waals surface area (Å²) in [4.78, 5) is 14.9. The minimum Gasteiger partial charge on any atom is -0.369 e. The standard InChI is InChI=1S/C22H31N3O3S/c1-6-15-29(27,28)24-21-10-8-9-20(17(21)5)23-22(26)18-11-13-19(14-12-18)25(7-2)16(3)4/h8-14,16,24H,6-7,15H2,1-5H3,(H,23,26). The van der Waals surface area contributed by atoms with Crippen LogP contribution in [0.3, 0.4) is 0 Å². The molecule has 0 atom stereocenters. The van der Waals surface area contributed by atoms with Gasteiger partial charge in [-0.2, -0.15) is 0 Å². The van der Waals surface area contributed by atoms with E-state index >= 15 is 0 Å². The number of carbonyl (C=O) groups excluding carboxylic acids is 1. The van der Waals surface area contributed by atoms with Crippen LogP contribution in [0.15, 0.2) is 42.5 Å². The maximum Gasteiger partial charge on any atom is 0.255 e. The van der Waals surface area contributed by atoms with Crippen LogP contribution in [-0.4, -0.2) is 32.7 Å². The second kappa shape index (κ2) is 9.78. The van der Waals surface area contributed by atoms with Crippen LogP contribution in [-0.2, 0) is 10.0 Å². The summed E-state index contributed by atoms with van der Waals surface area (Å²) in [6.07, 6.45) is 0.535. The third-order valence-electron chi connectivity index (χ3n) is 4.75. The number of nitrogens with zero attached hydrogens (tertiary/aromatic N) is 1. The van der Waals surface area contributed by atoms with Crippen LogP contribution in [0, 0.1) is 6.92 Å². The van der Waals surface area contributed by atoms with Crippen molar-refractivity contribution in [1.29, 1.82) is 0 Å². The zero-order valence-electron chi connectivity index (χ0n) is 17.8. The molecule has 7 heteroatoms. The maximum atomic E-state index is 12.7. The van der Waals surface area contributed by atoms with Crippen molar-refractivity contribution in [2.45, 2.75) is 47.1 Å². The van der Waals surface area contributed by atoms with Crippen molar-refractivity contribution in [3.05, 3.63) is 53.6 Å². The predicted molar refractivity (Wildman–Crippen MR) is 121 cm³/mol. The largest absolute Gasteiger partial charge is 0.369 e. The van der Waals surface area contributed by atoms with Gasteiger partial charge in [-0.05, 0) is 76.1 Å². The highest BCUT2D eigenvalue weighted by Crippen LogP contribution is 2.25. The molecule has 2 rings (SSSR count). The lowest BCUT2D eigenvalue weighted by Crippen LogP contribution is -2.30. The van der Waals surface area contributed by atoms with Crippen LogP contribution in [0.2, 0.25) is 0 Å². The molecular weight excluding hydrogens is 386 g/mol. The van der Waals surface area contributed by atoms with Crippen LogP contribution in [0.25, 0.3) is 0 Å². The van der Waals surface area contributed by atoms with E-state index in [1.54, 1.807) is 37.3 Å². The van der Waals surface area contributed by atoms with E-state index < -0.39 is 10.0 Å². The van der Waals surface area contributed by atoms with Gasteiger partial charge in [-0.3, -0.25) is 9.52 Å². The van der Waals surface area contributed by atoms with E-state index in [1.165, 1.54) is 0 Å². The molecule has 29 heavy (non-hydrogen) atoms. The van der Waals surface area contributed by atoms with Gasteiger partial charge in [0.2, 0.25) is 10.0 Å². The second-order valence-electron chi connectivity index (χ2n) is 7.28. The highest BCUT2D eigenvalue weighted by atomic mass is 32.2. The molecule has 1 amide bonds. The van der Waals surface area contributed by atoms with Gasteiger partial charge >= 0.3 is 0 Å². The summed E-state index contributed by atoms with van der Waals surface area (Å²) in [5.74, 6) is -0.179. The molecule has 0 aromatic heterocycles. The minimum atomic E-state index is -3.39. The van der Waals surface area contributed by atoms with Gasteiger partial charge in [0.25, 0.3) is 5.91 Å². The molecule has 2 N–H and O–H groups in total. The molecule has 0 aliphatic rings. The number of sulfonamides is 1. The molecule has 2 aromatic carbocycles. The number of benzene rings is 2. The van der Waals surface area contributed by atoms with Crippen molar-refractivity contribution >= 4 is 33.0 Å². The Balaban J connectivity index is 2.18. The fourth-order valence-corrected chi connectivity index (χ4v) is 4.41. The smallest absolute Gasteiger partial charge is 0.255 e. The Kier molecular flexibility index (Phi) is 7.67. The summed E-state index contributed by atoms with van der Waals surface area (Å²) in [5.41, 5.74) is 3.34. The van der Waals surface area contributed by atoms with E-state index in [4.69, 9.17) is 0 Å². The highest BCUT2D eigenvalue weighted by Gasteiger charge is 2.15. The number of hydrogen-bond donors (Lipinski definition) is 2. The zero-order chi connectivity index (χ0) is 21.6. The zero-order valence-corrected chi connectivity index (χ0v) is 18.6. The molecule has 0 radical (unpaired) electrons. The second-order valence-corrected chi connectivity index (χ2v) is 9.12. The predicted octanol–water partition coefficient (Wildman–Crippen LogP) is 4.63. The highest BCUT2D eigenvalue weighted by molar-refractivity contribution is 7.92. The fraction of sp³-hybridized carbons (Fsp3) is 0.409. The third kappa shape index (κ3) is 5.97. The maximum absolute atomic E-state index is 12.7. The number of nitrogens with one attached hydrogen (secondary N) is 2. The lowest BCUT2D eigenvalue weighted by atomic mass is 10.1. The van der Waals surface area contributed by atoms with Crippen LogP contribution in [0.5, 0.6) is 0 Å². The van der Waals surface area contributed by atoms with Gasteiger partial charge in [-0.15, -0.1) is 0 Å². The molecule has 0 fully saturated rings. The Hall–Kier alpha value is -2.54. The van der Waals surface area contributed by atoms with E-state index in [9.17, 15) is 13.2 Å². The van der Waals surface area contributed by atoms with Gasteiger partial charge in [-0.1, -0.05) is 13.0 Å². The number of amides is 1. The number of anilines is 3. The Morgan fingerprint density at radius 3 is 2.21 bits per heavy atom. The molecule has 0 unspecified atom stereocenters. The Morgan fingerprint density at radius 1 is 1.03 bits per heavy atom. The van der Waals surface area contributed by atoms with Gasteiger partial charge in [-0.25, -0.2) is 8.42 Å². The quantitative estimate of drug-likeness (QED) is 0.623. The minimum absolute atomic E-state index is 0.0561. The lowest BCUT2D eigenvalue weighted by Gasteiger charge is -2.27. The molecule has 0 aliphatic carbocycles. The van der Waals surface area contributed by atoms with E-state index in [-0.39, 0.29) is 11.7 Å². The van der Waals surface area contributed by atoms with Gasteiger partial charge in [0.1, 0.15) is 0 Å². The number of rotatable bonds is 9. The molecule has 0 bridgehead atoms. The van der Waals surface area contributed by atoms with Crippen molar-refractivity contribution in [2.75, 3.05) is 27.2 Å². The Bertz CT molecular complexity index is 938. The summed E-state index contributed by atoms with van der Waals surface area (Å²) in [6, 6.07) is 13.0. The average Bonchev–Trinajstić information content (AvgIpc) is 2.65. The lowest BCUT2D eigenvalue weighted by molar-refractivity contribution is 0.102. The van der Waals surface area contributed by atoms with Crippen LogP contribution in [0.4, 0.5) is 17.1 Å². The molecule has 0 saturated carbocycles. The number of hydrogen-bond acceptors (Lipinski definition) is 4. The van der Waals surface area contributed by atoms with E-state index in [0.717, 1.165) is 12.2 Å². The van der Waals surface area contributed by atoms with E-state index in [0.29, 0.717) is 35.0 Å². The molecule has 6 nitrogen and oxygen atoms in total. The van der Waals surface area contributed by atoms with Crippen LogP contribution >= 0.6 is 0 Å². The molecular formula is C22H31N3O3S. The first-order valence-corrected chi connectivity index (χ1v) is 11.6. The van der Waals surface area contributed by atoms with Crippen molar-refractivity contribution < 1.29 is 13.2 Å². The first-order valence-electron chi connectivity index (χ1n) is 9.96.